The van der Waals surface area contributed by atoms with Crippen LogP contribution in [0.25, 0.3) is 6.08 Å². The van der Waals surface area contributed by atoms with Gasteiger partial charge in [0.2, 0.25) is 9.70 Å². The summed E-state index contributed by atoms with van der Waals surface area (Å²) in [7, 11) is 0. The molecule has 152 valence electrons. The summed E-state index contributed by atoms with van der Waals surface area (Å²) in [6.07, 6.45) is 1.76. The van der Waals surface area contributed by atoms with E-state index in [1.54, 1.807) is 18.2 Å². The summed E-state index contributed by atoms with van der Waals surface area (Å²) in [6, 6.07) is 15.2. The summed E-state index contributed by atoms with van der Waals surface area (Å²) in [5.74, 6) is -1.59. The first-order chi connectivity index (χ1) is 13.6. The molecule has 6 nitrogen and oxygen atoms in total. The molecule has 1 unspecified atom stereocenters. The minimum atomic E-state index is -1.91. The van der Waals surface area contributed by atoms with Gasteiger partial charge in [0.05, 0.1) is 5.56 Å². The van der Waals surface area contributed by atoms with E-state index < -0.39 is 21.8 Å². The van der Waals surface area contributed by atoms with Crippen LogP contribution in [0.4, 0.5) is 5.69 Å². The second kappa shape index (κ2) is 10.5. The van der Waals surface area contributed by atoms with Gasteiger partial charge < -0.3 is 21.1 Å². The molecule has 0 saturated heterocycles. The molecule has 0 radical (unpaired) electrons. The lowest BCUT2D eigenvalue weighted by molar-refractivity contribution is -0.117. The maximum atomic E-state index is 12.2. The highest BCUT2D eigenvalue weighted by atomic mass is 35.6. The molecule has 10 heteroatoms. The summed E-state index contributed by atoms with van der Waals surface area (Å²) >= 11 is 23.0. The third kappa shape index (κ3) is 7.91. The predicted molar refractivity (Wildman–Crippen MR) is 120 cm³/mol. The van der Waals surface area contributed by atoms with E-state index in [2.05, 4.69) is 16.0 Å². The molecule has 0 aliphatic heterocycles. The summed E-state index contributed by atoms with van der Waals surface area (Å²) < 4.78 is -1.91. The zero-order valence-electron chi connectivity index (χ0n) is 14.7. The Morgan fingerprint density at radius 3 is 2.34 bits per heavy atom. The number of carboxylic acid groups (broad SMARTS) is 1. The maximum Gasteiger partial charge on any atom is 0.335 e. The number of alkyl halides is 3. The molecule has 2 aromatic rings. The van der Waals surface area contributed by atoms with Gasteiger partial charge in [-0.3, -0.25) is 4.79 Å². The molecule has 29 heavy (non-hydrogen) atoms. The van der Waals surface area contributed by atoms with E-state index in [9.17, 15) is 9.59 Å². The van der Waals surface area contributed by atoms with Crippen molar-refractivity contribution < 1.29 is 14.7 Å². The van der Waals surface area contributed by atoms with Crippen LogP contribution in [0, 0.1) is 0 Å². The fourth-order valence-electron chi connectivity index (χ4n) is 2.15. The fourth-order valence-corrected chi connectivity index (χ4v) is 2.72. The Bertz CT molecular complexity index is 918. The standard InChI is InChI=1S/C19H16Cl3N3O3S/c20-19(21,22)17(24-15(26)10-9-12-5-2-1-3-6-12)25-18(29)23-14-8-4-7-13(11-14)16(27)28/h1-11,17H,(H,24,26)(H,27,28)(H2,23,25,29)/b10-9+. The van der Waals surface area contributed by atoms with Gasteiger partial charge in [-0.25, -0.2) is 4.79 Å². The number of aromatic carboxylic acids is 1. The lowest BCUT2D eigenvalue weighted by Crippen LogP contribution is -2.55. The largest absolute Gasteiger partial charge is 0.478 e. The number of thiocarbonyl (C=S) groups is 1. The summed E-state index contributed by atoms with van der Waals surface area (Å²) in [5, 5.41) is 17.1. The van der Waals surface area contributed by atoms with Crippen LogP contribution in [0.15, 0.2) is 60.7 Å². The van der Waals surface area contributed by atoms with E-state index in [1.807, 2.05) is 30.3 Å². The van der Waals surface area contributed by atoms with Crippen molar-refractivity contribution in [3.63, 3.8) is 0 Å². The van der Waals surface area contributed by atoms with Crippen LogP contribution in [0.3, 0.4) is 0 Å². The third-order valence-electron chi connectivity index (χ3n) is 3.48. The van der Waals surface area contributed by atoms with Crippen molar-refractivity contribution in [3.8, 4) is 0 Å². The smallest absolute Gasteiger partial charge is 0.335 e. The minimum absolute atomic E-state index is 0.0243. The number of hydrogen-bond acceptors (Lipinski definition) is 3. The van der Waals surface area contributed by atoms with E-state index in [0.29, 0.717) is 5.69 Å². The van der Waals surface area contributed by atoms with Gasteiger partial charge in [-0.15, -0.1) is 0 Å². The summed E-state index contributed by atoms with van der Waals surface area (Å²) in [5.41, 5.74) is 1.33. The minimum Gasteiger partial charge on any atom is -0.478 e. The molecular weight excluding hydrogens is 457 g/mol. The lowest BCUT2D eigenvalue weighted by atomic mass is 10.2. The fraction of sp³-hybridized carbons (Fsp3) is 0.105. The Hall–Kier alpha value is -2.32. The molecule has 0 aliphatic carbocycles. The van der Waals surface area contributed by atoms with E-state index >= 15 is 0 Å². The van der Waals surface area contributed by atoms with Gasteiger partial charge in [-0.1, -0.05) is 71.2 Å². The molecule has 0 spiro atoms. The number of amides is 1. The third-order valence-corrected chi connectivity index (χ3v) is 4.36. The molecule has 0 fully saturated rings. The molecule has 0 aliphatic rings. The van der Waals surface area contributed by atoms with Crippen LogP contribution in [-0.2, 0) is 4.79 Å². The number of carbonyl (C=O) groups is 2. The first kappa shape index (κ1) is 23.0. The van der Waals surface area contributed by atoms with Gasteiger partial charge in [0, 0.05) is 11.8 Å². The number of hydrogen-bond donors (Lipinski definition) is 4. The van der Waals surface area contributed by atoms with Crippen molar-refractivity contribution in [2.45, 2.75) is 9.96 Å². The molecule has 0 saturated carbocycles. The van der Waals surface area contributed by atoms with Crippen molar-refractivity contribution in [1.29, 1.82) is 0 Å². The lowest BCUT2D eigenvalue weighted by Gasteiger charge is -2.27. The van der Waals surface area contributed by atoms with Crippen molar-refractivity contribution in [3.05, 3.63) is 71.8 Å². The first-order valence-electron chi connectivity index (χ1n) is 8.16. The molecule has 2 rings (SSSR count). The number of halogens is 3. The Labute approximate surface area is 187 Å². The van der Waals surface area contributed by atoms with E-state index in [-0.39, 0.29) is 10.7 Å². The number of nitrogens with one attached hydrogen (secondary N) is 3. The van der Waals surface area contributed by atoms with E-state index in [0.717, 1.165) is 5.56 Å². The first-order valence-corrected chi connectivity index (χ1v) is 9.70. The van der Waals surface area contributed by atoms with Crippen molar-refractivity contribution in [1.82, 2.24) is 10.6 Å². The Kier molecular flexibility index (Phi) is 8.28. The number of benzene rings is 2. The van der Waals surface area contributed by atoms with Crippen LogP contribution in [-0.4, -0.2) is 32.1 Å². The zero-order valence-corrected chi connectivity index (χ0v) is 17.8. The molecule has 0 bridgehead atoms. The topological polar surface area (TPSA) is 90.5 Å². The molecule has 4 N–H and O–H groups in total. The molecular formula is C19H16Cl3N3O3S. The predicted octanol–water partition coefficient (Wildman–Crippen LogP) is 4.20. The number of carbonyl (C=O) groups excluding carboxylic acids is 1. The maximum absolute atomic E-state index is 12.2. The quantitative estimate of drug-likeness (QED) is 0.218. The SMILES string of the molecule is O=C(/C=C/c1ccccc1)NC(NC(=S)Nc1cccc(C(=O)O)c1)C(Cl)(Cl)Cl. The second-order valence-electron chi connectivity index (χ2n) is 5.71. The van der Waals surface area contributed by atoms with Gasteiger partial charge in [0.15, 0.2) is 5.11 Å². The highest BCUT2D eigenvalue weighted by molar-refractivity contribution is 7.80. The second-order valence-corrected chi connectivity index (χ2v) is 8.49. The number of anilines is 1. The molecule has 0 aromatic heterocycles. The van der Waals surface area contributed by atoms with Gasteiger partial charge in [0.25, 0.3) is 0 Å². The highest BCUT2D eigenvalue weighted by Gasteiger charge is 2.34. The summed E-state index contributed by atoms with van der Waals surface area (Å²) in [6.45, 7) is 0. The van der Waals surface area contributed by atoms with E-state index in [4.69, 9.17) is 52.1 Å². The van der Waals surface area contributed by atoms with Crippen LogP contribution < -0.4 is 16.0 Å². The van der Waals surface area contributed by atoms with Gasteiger partial charge >= 0.3 is 5.97 Å². The van der Waals surface area contributed by atoms with Crippen LogP contribution in [0.1, 0.15) is 15.9 Å². The average molecular weight is 473 g/mol. The zero-order chi connectivity index (χ0) is 21.4. The van der Waals surface area contributed by atoms with Crippen LogP contribution in [0.2, 0.25) is 0 Å². The van der Waals surface area contributed by atoms with Gasteiger partial charge in [0.1, 0.15) is 6.17 Å². The molecule has 0 heterocycles. The van der Waals surface area contributed by atoms with Crippen molar-refractivity contribution >= 4 is 75.8 Å². The van der Waals surface area contributed by atoms with E-state index in [1.165, 1.54) is 18.2 Å². The highest BCUT2D eigenvalue weighted by Crippen LogP contribution is 2.29. The van der Waals surface area contributed by atoms with Gasteiger partial charge in [-0.05, 0) is 42.1 Å². The Morgan fingerprint density at radius 2 is 1.72 bits per heavy atom. The molecule has 1 amide bonds. The van der Waals surface area contributed by atoms with Crippen LogP contribution in [0.5, 0.6) is 0 Å². The van der Waals surface area contributed by atoms with Crippen molar-refractivity contribution in [2.24, 2.45) is 0 Å². The number of carboxylic acids is 1. The monoisotopic (exact) mass is 471 g/mol. The van der Waals surface area contributed by atoms with Crippen LogP contribution >= 0.6 is 47.0 Å². The normalized spacial score (nSPS) is 12.2. The number of rotatable bonds is 6. The Balaban J connectivity index is 2.02. The van der Waals surface area contributed by atoms with Gasteiger partial charge in [-0.2, -0.15) is 0 Å². The Morgan fingerprint density at radius 1 is 1.03 bits per heavy atom. The molecule has 2 aromatic carbocycles. The van der Waals surface area contributed by atoms with Crippen molar-refractivity contribution in [2.75, 3.05) is 5.32 Å². The summed E-state index contributed by atoms with van der Waals surface area (Å²) in [4.78, 5) is 23.2. The average Bonchev–Trinajstić information content (AvgIpc) is 2.66. The molecule has 1 atom stereocenters.